The van der Waals surface area contributed by atoms with E-state index >= 15 is 0 Å². The fourth-order valence-corrected chi connectivity index (χ4v) is 1.71. The Morgan fingerprint density at radius 1 is 1.05 bits per heavy atom. The Morgan fingerprint density at radius 2 is 1.62 bits per heavy atom. The molecule has 0 aromatic heterocycles. The average molecular weight is 293 g/mol. The molecule has 1 aliphatic heterocycles. The maximum atomic E-state index is 10.9. The molecular weight excluding hydrogens is 270 g/mol. The third kappa shape index (κ3) is 6.62. The maximum Gasteiger partial charge on any atom is 0.271 e. The zero-order valence-electron chi connectivity index (χ0n) is 12.9. The van der Waals surface area contributed by atoms with Crippen molar-refractivity contribution < 1.29 is 19.0 Å². The zero-order valence-corrected chi connectivity index (χ0v) is 12.9. The number of nitrogens with zero attached hydrogens (tertiary/aromatic N) is 1. The van der Waals surface area contributed by atoms with Crippen molar-refractivity contribution in [3.05, 3.63) is 29.8 Å². The van der Waals surface area contributed by atoms with E-state index in [2.05, 4.69) is 4.99 Å². The lowest BCUT2D eigenvalue weighted by molar-refractivity contribution is -0.282. The Morgan fingerprint density at radius 3 is 2.19 bits per heavy atom. The third-order valence-corrected chi connectivity index (χ3v) is 2.61. The maximum absolute atomic E-state index is 10.9. The molecule has 0 spiro atoms. The van der Waals surface area contributed by atoms with Gasteiger partial charge < -0.3 is 14.2 Å². The summed E-state index contributed by atoms with van der Waals surface area (Å²) in [6.07, 6.45) is 1.89. The first-order valence-corrected chi connectivity index (χ1v) is 7.20. The molecule has 0 saturated heterocycles. The monoisotopic (exact) mass is 293 g/mol. The van der Waals surface area contributed by atoms with Gasteiger partial charge in [-0.1, -0.05) is 18.2 Å². The molecule has 21 heavy (non-hydrogen) atoms. The first kappa shape index (κ1) is 17.5. The molecule has 1 aliphatic rings. The van der Waals surface area contributed by atoms with Crippen LogP contribution in [0.4, 0.5) is 5.69 Å². The van der Waals surface area contributed by atoms with Gasteiger partial charge in [0.25, 0.3) is 6.48 Å². The summed E-state index contributed by atoms with van der Waals surface area (Å²) in [6.45, 7) is 7.10. The van der Waals surface area contributed by atoms with E-state index in [1.165, 1.54) is 6.21 Å². The molecule has 0 unspecified atom stereocenters. The number of ether oxygens (including phenoxy) is 3. The van der Waals surface area contributed by atoms with Crippen LogP contribution in [0, 0.1) is 0 Å². The van der Waals surface area contributed by atoms with Crippen molar-refractivity contribution in [3.8, 4) is 0 Å². The molecule has 0 atom stereocenters. The van der Waals surface area contributed by atoms with Gasteiger partial charge in [-0.25, -0.2) is 0 Å². The van der Waals surface area contributed by atoms with Crippen LogP contribution in [-0.4, -0.2) is 38.3 Å². The molecule has 1 aromatic carbocycles. The predicted molar refractivity (Wildman–Crippen MR) is 82.0 cm³/mol. The third-order valence-electron chi connectivity index (χ3n) is 2.61. The van der Waals surface area contributed by atoms with Crippen molar-refractivity contribution in [3.63, 3.8) is 0 Å². The lowest BCUT2D eigenvalue weighted by Crippen LogP contribution is -2.20. The molecule has 5 nitrogen and oxygen atoms in total. The fourth-order valence-electron chi connectivity index (χ4n) is 1.71. The minimum Gasteiger partial charge on any atom is -0.330 e. The van der Waals surface area contributed by atoms with Crippen LogP contribution in [0.3, 0.4) is 0 Å². The van der Waals surface area contributed by atoms with Crippen molar-refractivity contribution >= 4 is 17.7 Å². The van der Waals surface area contributed by atoms with Crippen LogP contribution in [0.5, 0.6) is 0 Å². The van der Waals surface area contributed by atoms with Gasteiger partial charge in [-0.05, 0) is 32.4 Å². The quantitative estimate of drug-likeness (QED) is 0.757. The van der Waals surface area contributed by atoms with Crippen molar-refractivity contribution in [1.82, 2.24) is 0 Å². The van der Waals surface area contributed by atoms with Gasteiger partial charge in [0.05, 0.1) is 11.9 Å². The number of rotatable bonds is 6. The Labute approximate surface area is 125 Å². The summed E-state index contributed by atoms with van der Waals surface area (Å²) in [6, 6.07) is 7.70. The number of ketones is 1. The van der Waals surface area contributed by atoms with E-state index in [1.807, 2.05) is 45.0 Å². The van der Waals surface area contributed by atoms with Crippen LogP contribution >= 0.6 is 0 Å². The normalized spacial score (nSPS) is 12.9. The summed E-state index contributed by atoms with van der Waals surface area (Å²) >= 11 is 0. The summed E-state index contributed by atoms with van der Waals surface area (Å²) in [4.78, 5) is 14.9. The van der Waals surface area contributed by atoms with Crippen LogP contribution < -0.4 is 0 Å². The molecule has 1 heterocycles. The summed E-state index contributed by atoms with van der Waals surface area (Å²) in [5.74, 6) is 0.0868. The highest BCUT2D eigenvalue weighted by Crippen LogP contribution is 2.21. The Balaban J connectivity index is 0.000000212. The molecular formula is C16H23NO4. The second-order valence-corrected chi connectivity index (χ2v) is 4.18. The minimum absolute atomic E-state index is 0.0868. The van der Waals surface area contributed by atoms with Gasteiger partial charge in [-0.15, -0.1) is 0 Å². The zero-order chi connectivity index (χ0) is 15.5. The van der Waals surface area contributed by atoms with E-state index in [1.54, 1.807) is 0 Å². The van der Waals surface area contributed by atoms with Gasteiger partial charge in [-0.2, -0.15) is 0 Å². The second-order valence-electron chi connectivity index (χ2n) is 4.18. The van der Waals surface area contributed by atoms with Gasteiger partial charge in [0.1, 0.15) is 0 Å². The highest BCUT2D eigenvalue weighted by atomic mass is 16.8. The first-order chi connectivity index (χ1) is 10.2. The average Bonchev–Trinajstić information content (AvgIpc) is 2.48. The number of fused-ring (bicyclic) bond motifs is 1. The number of para-hydroxylation sites is 1. The second kappa shape index (κ2) is 10.2. The number of Topliss-reactive ketones (excluding diaryl/α,β-unsaturated/α-hetero) is 1. The SMILES string of the molecule is CCOC(OCC)OCC.O=C1C=Nc2ccccc2C1. The highest BCUT2D eigenvalue weighted by molar-refractivity contribution is 6.29. The summed E-state index contributed by atoms with van der Waals surface area (Å²) < 4.78 is 15.2. The van der Waals surface area contributed by atoms with Crippen molar-refractivity contribution in [1.29, 1.82) is 0 Å². The topological polar surface area (TPSA) is 57.1 Å². The molecule has 0 amide bonds. The molecule has 5 heteroatoms. The number of benzene rings is 1. The van der Waals surface area contributed by atoms with Gasteiger partial charge in [-0.3, -0.25) is 9.79 Å². The highest BCUT2D eigenvalue weighted by Gasteiger charge is 2.09. The summed E-state index contributed by atoms with van der Waals surface area (Å²) in [5.41, 5.74) is 1.95. The van der Waals surface area contributed by atoms with Gasteiger partial charge in [0, 0.05) is 26.2 Å². The van der Waals surface area contributed by atoms with E-state index in [0.29, 0.717) is 26.2 Å². The van der Waals surface area contributed by atoms with E-state index < -0.39 is 6.48 Å². The molecule has 0 N–H and O–H groups in total. The van der Waals surface area contributed by atoms with Crippen molar-refractivity contribution in [2.75, 3.05) is 19.8 Å². The summed E-state index contributed by atoms with van der Waals surface area (Å²) in [5, 5.41) is 0. The molecule has 0 fully saturated rings. The van der Waals surface area contributed by atoms with Crippen molar-refractivity contribution in [2.24, 2.45) is 4.99 Å². The molecule has 0 aliphatic carbocycles. The molecule has 0 saturated carbocycles. The fraction of sp³-hybridized carbons (Fsp3) is 0.500. The number of aliphatic imine (C=N–C) groups is 1. The standard InChI is InChI=1S/C9H7NO.C7H16O3/c11-8-5-7-3-1-2-4-9(7)10-6-8;1-4-8-7(9-5-2)10-6-3/h1-4,6H,5H2;7H,4-6H2,1-3H3. The lowest BCUT2D eigenvalue weighted by Gasteiger charge is -2.15. The molecule has 0 bridgehead atoms. The van der Waals surface area contributed by atoms with Crippen LogP contribution in [0.25, 0.3) is 0 Å². The van der Waals surface area contributed by atoms with E-state index in [-0.39, 0.29) is 5.78 Å². The van der Waals surface area contributed by atoms with Crippen LogP contribution in [0.1, 0.15) is 26.3 Å². The predicted octanol–water partition coefficient (Wildman–Crippen LogP) is 2.89. The largest absolute Gasteiger partial charge is 0.330 e. The Bertz CT molecular complexity index is 445. The van der Waals surface area contributed by atoms with Crippen LogP contribution in [-0.2, 0) is 25.4 Å². The molecule has 2 rings (SSSR count). The summed E-state index contributed by atoms with van der Waals surface area (Å²) in [7, 11) is 0. The van der Waals surface area contributed by atoms with Gasteiger partial charge >= 0.3 is 0 Å². The number of hydrogen-bond donors (Lipinski definition) is 0. The number of carbonyl (C=O) groups excluding carboxylic acids is 1. The first-order valence-electron chi connectivity index (χ1n) is 7.20. The minimum atomic E-state index is -0.472. The molecule has 1 aromatic rings. The van der Waals surface area contributed by atoms with Crippen LogP contribution in [0.15, 0.2) is 29.3 Å². The molecule has 0 radical (unpaired) electrons. The molecule has 116 valence electrons. The van der Waals surface area contributed by atoms with Gasteiger partial charge in [0.2, 0.25) is 0 Å². The Hall–Kier alpha value is -1.56. The van der Waals surface area contributed by atoms with Crippen molar-refractivity contribution in [2.45, 2.75) is 33.7 Å². The van der Waals surface area contributed by atoms with E-state index in [9.17, 15) is 4.79 Å². The number of hydrogen-bond acceptors (Lipinski definition) is 5. The van der Waals surface area contributed by atoms with Gasteiger partial charge in [0.15, 0.2) is 5.78 Å². The van der Waals surface area contributed by atoms with E-state index in [4.69, 9.17) is 14.2 Å². The Kier molecular flexibility index (Phi) is 8.50. The number of carbonyl (C=O) groups is 1. The lowest BCUT2D eigenvalue weighted by atomic mass is 10.1. The van der Waals surface area contributed by atoms with E-state index in [0.717, 1.165) is 11.3 Å². The van der Waals surface area contributed by atoms with Crippen LogP contribution in [0.2, 0.25) is 0 Å². The smallest absolute Gasteiger partial charge is 0.271 e.